The van der Waals surface area contributed by atoms with E-state index in [1.54, 1.807) is 19.2 Å². The van der Waals surface area contributed by atoms with Gasteiger partial charge in [-0.05, 0) is 29.5 Å². The summed E-state index contributed by atoms with van der Waals surface area (Å²) in [5, 5.41) is 3.89. The number of benzene rings is 3. The van der Waals surface area contributed by atoms with Crippen molar-refractivity contribution in [3.63, 3.8) is 0 Å². The van der Waals surface area contributed by atoms with Crippen LogP contribution in [0.5, 0.6) is 0 Å². The second kappa shape index (κ2) is 9.53. The molecule has 0 bridgehead atoms. The van der Waals surface area contributed by atoms with Gasteiger partial charge in [-0.25, -0.2) is 4.79 Å². The van der Waals surface area contributed by atoms with Gasteiger partial charge < -0.3 is 14.6 Å². The maximum Gasteiger partial charge on any atom is 0.356 e. The van der Waals surface area contributed by atoms with E-state index in [4.69, 9.17) is 4.74 Å². The van der Waals surface area contributed by atoms with Gasteiger partial charge in [0, 0.05) is 24.5 Å². The van der Waals surface area contributed by atoms with Crippen molar-refractivity contribution in [2.45, 2.75) is 13.5 Å². The summed E-state index contributed by atoms with van der Waals surface area (Å²) in [6.45, 7) is 1.87. The van der Waals surface area contributed by atoms with E-state index in [9.17, 15) is 14.4 Å². The van der Waals surface area contributed by atoms with E-state index >= 15 is 0 Å². The third kappa shape index (κ3) is 4.70. The summed E-state index contributed by atoms with van der Waals surface area (Å²) < 4.78 is 6.63. The minimum Gasteiger partial charge on any atom is -0.451 e. The van der Waals surface area contributed by atoms with Gasteiger partial charge in [0.05, 0.1) is 0 Å². The van der Waals surface area contributed by atoms with Gasteiger partial charge in [-0.3, -0.25) is 9.59 Å². The lowest BCUT2D eigenvalue weighted by molar-refractivity contribution is -0.124. The Hall–Kier alpha value is -4.19. The molecule has 0 atom stereocenters. The highest BCUT2D eigenvalue weighted by Gasteiger charge is 2.23. The van der Waals surface area contributed by atoms with E-state index in [2.05, 4.69) is 5.32 Å². The van der Waals surface area contributed by atoms with Crippen LogP contribution in [-0.2, 0) is 23.1 Å². The molecular formula is C27H24N2O4. The first-order chi connectivity index (χ1) is 16.0. The average Bonchev–Trinajstić information content (AvgIpc) is 2.84. The summed E-state index contributed by atoms with van der Waals surface area (Å²) in [5.74, 6) is -1.15. The fourth-order valence-electron chi connectivity index (χ4n) is 3.76. The zero-order valence-electron chi connectivity index (χ0n) is 18.5. The first-order valence-electron chi connectivity index (χ1n) is 10.6. The maximum atomic E-state index is 13.1. The monoisotopic (exact) mass is 440 g/mol. The fourth-order valence-corrected chi connectivity index (χ4v) is 3.76. The highest BCUT2D eigenvalue weighted by molar-refractivity contribution is 6.07. The number of carbonyl (C=O) groups is 2. The smallest absolute Gasteiger partial charge is 0.356 e. The van der Waals surface area contributed by atoms with Crippen LogP contribution in [0.25, 0.3) is 21.9 Å². The van der Waals surface area contributed by atoms with Gasteiger partial charge in [0.1, 0.15) is 5.69 Å². The lowest BCUT2D eigenvalue weighted by atomic mass is 9.96. The number of ether oxygens (including phenoxy) is 1. The molecule has 1 N–H and O–H groups in total. The number of amides is 1. The number of hydrogen-bond acceptors (Lipinski definition) is 4. The van der Waals surface area contributed by atoms with Gasteiger partial charge in [-0.15, -0.1) is 0 Å². The molecule has 4 rings (SSSR count). The molecule has 1 aromatic heterocycles. The van der Waals surface area contributed by atoms with Crippen LogP contribution in [0.15, 0.2) is 83.7 Å². The van der Waals surface area contributed by atoms with Crippen molar-refractivity contribution in [1.82, 2.24) is 9.88 Å². The molecule has 1 amide bonds. The average molecular weight is 440 g/mol. The molecule has 0 fully saturated rings. The van der Waals surface area contributed by atoms with E-state index < -0.39 is 18.5 Å². The van der Waals surface area contributed by atoms with Crippen molar-refractivity contribution in [3.05, 3.63) is 106 Å². The van der Waals surface area contributed by atoms with Crippen LogP contribution >= 0.6 is 0 Å². The van der Waals surface area contributed by atoms with Crippen LogP contribution < -0.4 is 10.9 Å². The van der Waals surface area contributed by atoms with Crippen LogP contribution in [0.1, 0.15) is 21.6 Å². The Morgan fingerprint density at radius 2 is 1.52 bits per heavy atom. The molecule has 0 unspecified atom stereocenters. The highest BCUT2D eigenvalue weighted by atomic mass is 16.5. The summed E-state index contributed by atoms with van der Waals surface area (Å²) >= 11 is 0. The minimum absolute atomic E-state index is 0.110. The zero-order chi connectivity index (χ0) is 23.4. The lowest BCUT2D eigenvalue weighted by Crippen LogP contribution is -2.30. The number of fused-ring (bicyclic) bond motifs is 1. The number of nitrogens with one attached hydrogen (secondary N) is 1. The SMILES string of the molecule is Cc1ccc(-c2c(C(=O)OCC(=O)NCc3ccccc3)n(C)c(=O)c3ccccc23)cc1. The Kier molecular flexibility index (Phi) is 6.36. The van der Waals surface area contributed by atoms with Gasteiger partial charge >= 0.3 is 5.97 Å². The van der Waals surface area contributed by atoms with Gasteiger partial charge in [-0.2, -0.15) is 0 Å². The molecule has 0 radical (unpaired) electrons. The number of aryl methyl sites for hydroxylation is 1. The Labute approximate surface area is 191 Å². The standard InChI is InChI=1S/C27H24N2O4/c1-18-12-14-20(15-13-18)24-21-10-6-7-11-22(21)26(31)29(2)25(24)27(32)33-17-23(30)28-16-19-8-4-3-5-9-19/h3-15H,16-17H2,1-2H3,(H,28,30). The Bertz CT molecular complexity index is 1370. The molecule has 0 aliphatic heterocycles. The quantitative estimate of drug-likeness (QED) is 0.460. The van der Waals surface area contributed by atoms with Gasteiger partial charge in [0.25, 0.3) is 11.5 Å². The van der Waals surface area contributed by atoms with Gasteiger partial charge in [-0.1, -0.05) is 78.4 Å². The number of aromatic nitrogens is 1. The van der Waals surface area contributed by atoms with Crippen LogP contribution in [0, 0.1) is 6.92 Å². The van der Waals surface area contributed by atoms with Crippen LogP contribution in [0.4, 0.5) is 0 Å². The molecule has 3 aromatic carbocycles. The molecule has 4 aromatic rings. The number of nitrogens with zero attached hydrogens (tertiary/aromatic N) is 1. The van der Waals surface area contributed by atoms with Crippen molar-refractivity contribution < 1.29 is 14.3 Å². The fraction of sp³-hybridized carbons (Fsp3) is 0.148. The summed E-state index contributed by atoms with van der Waals surface area (Å²) in [5.41, 5.74) is 3.21. The Balaban J connectivity index is 1.65. The van der Waals surface area contributed by atoms with E-state index in [-0.39, 0.29) is 11.3 Å². The zero-order valence-corrected chi connectivity index (χ0v) is 18.5. The number of esters is 1. The maximum absolute atomic E-state index is 13.1. The molecule has 1 heterocycles. The molecule has 0 aliphatic rings. The van der Waals surface area contributed by atoms with Crippen LogP contribution in [0.2, 0.25) is 0 Å². The van der Waals surface area contributed by atoms with Crippen molar-refractivity contribution in [3.8, 4) is 11.1 Å². The minimum atomic E-state index is -0.731. The predicted octanol–water partition coefficient (Wildman–Crippen LogP) is 3.99. The van der Waals surface area contributed by atoms with E-state index in [1.165, 1.54) is 4.57 Å². The molecule has 6 nitrogen and oxygen atoms in total. The van der Waals surface area contributed by atoms with Crippen molar-refractivity contribution in [2.75, 3.05) is 6.61 Å². The predicted molar refractivity (Wildman–Crippen MR) is 128 cm³/mol. The number of carbonyl (C=O) groups excluding carboxylic acids is 2. The van der Waals surface area contributed by atoms with Gasteiger partial charge in [0.15, 0.2) is 6.61 Å². The molecule has 33 heavy (non-hydrogen) atoms. The van der Waals surface area contributed by atoms with Crippen molar-refractivity contribution >= 4 is 22.6 Å². The van der Waals surface area contributed by atoms with Crippen molar-refractivity contribution in [2.24, 2.45) is 7.05 Å². The highest BCUT2D eigenvalue weighted by Crippen LogP contribution is 2.31. The molecule has 0 spiro atoms. The van der Waals surface area contributed by atoms with Crippen LogP contribution in [0.3, 0.4) is 0 Å². The van der Waals surface area contributed by atoms with Crippen LogP contribution in [-0.4, -0.2) is 23.1 Å². The van der Waals surface area contributed by atoms with E-state index in [0.717, 1.165) is 16.7 Å². The third-order valence-electron chi connectivity index (χ3n) is 5.50. The van der Waals surface area contributed by atoms with Crippen molar-refractivity contribution in [1.29, 1.82) is 0 Å². The normalized spacial score (nSPS) is 10.7. The molecule has 0 saturated carbocycles. The second-order valence-corrected chi connectivity index (χ2v) is 7.84. The number of rotatable bonds is 6. The molecule has 166 valence electrons. The lowest BCUT2D eigenvalue weighted by Gasteiger charge is -2.17. The Morgan fingerprint density at radius 3 is 2.21 bits per heavy atom. The molecule has 0 aliphatic carbocycles. The largest absolute Gasteiger partial charge is 0.451 e. The molecule has 0 saturated heterocycles. The number of hydrogen-bond donors (Lipinski definition) is 1. The summed E-state index contributed by atoms with van der Waals surface area (Å²) in [4.78, 5) is 38.4. The van der Waals surface area contributed by atoms with E-state index in [0.29, 0.717) is 22.9 Å². The first kappa shape index (κ1) is 22.0. The summed E-state index contributed by atoms with van der Waals surface area (Å²) in [6.07, 6.45) is 0. The molecular weight excluding hydrogens is 416 g/mol. The Morgan fingerprint density at radius 1 is 0.879 bits per heavy atom. The summed E-state index contributed by atoms with van der Waals surface area (Å²) in [7, 11) is 1.54. The molecule has 6 heteroatoms. The number of pyridine rings is 1. The van der Waals surface area contributed by atoms with E-state index in [1.807, 2.05) is 73.7 Å². The first-order valence-corrected chi connectivity index (χ1v) is 10.6. The third-order valence-corrected chi connectivity index (χ3v) is 5.50. The summed E-state index contributed by atoms with van der Waals surface area (Å²) in [6, 6.07) is 24.3. The second-order valence-electron chi connectivity index (χ2n) is 7.84. The topological polar surface area (TPSA) is 77.4 Å². The van der Waals surface area contributed by atoms with Gasteiger partial charge in [0.2, 0.25) is 0 Å².